The second-order valence-corrected chi connectivity index (χ2v) is 5.81. The molecule has 0 fully saturated rings. The fourth-order valence-corrected chi connectivity index (χ4v) is 1.99. The molecule has 0 unspecified atom stereocenters. The van der Waals surface area contributed by atoms with Gasteiger partial charge in [-0.15, -0.1) is 0 Å². The van der Waals surface area contributed by atoms with Crippen LogP contribution in [-0.4, -0.2) is 26.0 Å². The van der Waals surface area contributed by atoms with E-state index in [4.69, 9.17) is 9.47 Å². The molecule has 25 heavy (non-hydrogen) atoms. The third-order valence-electron chi connectivity index (χ3n) is 3.17. The zero-order valence-corrected chi connectivity index (χ0v) is 14.7. The molecule has 0 bridgehead atoms. The maximum Gasteiger partial charge on any atom is 0.339 e. The Morgan fingerprint density at radius 2 is 1.92 bits per heavy atom. The van der Waals surface area contributed by atoms with E-state index in [1.165, 1.54) is 0 Å². The first-order chi connectivity index (χ1) is 12.1. The minimum Gasteiger partial charge on any atom is -0.493 e. The van der Waals surface area contributed by atoms with Crippen LogP contribution in [0.2, 0.25) is 0 Å². The molecule has 0 saturated carbocycles. The van der Waals surface area contributed by atoms with E-state index in [2.05, 4.69) is 29.7 Å². The maximum absolute atomic E-state index is 11.7. The Labute approximate surface area is 147 Å². The second kappa shape index (κ2) is 9.32. The number of amides is 2. The van der Waals surface area contributed by atoms with Crippen molar-refractivity contribution in [3.05, 3.63) is 54.1 Å². The molecule has 0 spiro atoms. The number of hydrazone groups is 1. The molecule has 2 aromatic rings. The summed E-state index contributed by atoms with van der Waals surface area (Å²) in [7, 11) is 1.59. The smallest absolute Gasteiger partial charge is 0.339 e. The average molecular weight is 341 g/mol. The van der Waals surface area contributed by atoms with Gasteiger partial charge in [-0.05, 0) is 41.8 Å². The maximum atomic E-state index is 11.7. The molecule has 0 saturated heterocycles. The van der Waals surface area contributed by atoms with E-state index in [9.17, 15) is 4.79 Å². The number of nitrogens with zero attached hydrogens (tertiary/aromatic N) is 1. The fraction of sp³-hybridized carbons (Fsp3) is 0.263. The Morgan fingerprint density at radius 1 is 1.16 bits per heavy atom. The van der Waals surface area contributed by atoms with Gasteiger partial charge in [-0.1, -0.05) is 32.0 Å². The lowest BCUT2D eigenvalue weighted by Gasteiger charge is -2.12. The highest BCUT2D eigenvalue weighted by molar-refractivity contribution is 5.90. The highest BCUT2D eigenvalue weighted by atomic mass is 16.5. The molecule has 0 aliphatic heterocycles. The minimum absolute atomic E-state index is 0.411. The summed E-state index contributed by atoms with van der Waals surface area (Å²) in [5, 5.41) is 6.61. The molecule has 0 aromatic heterocycles. The standard InChI is InChI=1S/C19H23N3O3/c1-14(2)13-25-17-10-9-15(11-18(17)24-3)12-20-22-19(23)21-16-7-5-4-6-8-16/h4-12,14H,13H2,1-3H3,(H2,21,22,23)/b20-12-. The Kier molecular flexibility index (Phi) is 6.83. The summed E-state index contributed by atoms with van der Waals surface area (Å²) in [6.07, 6.45) is 1.54. The number of hydrogen-bond acceptors (Lipinski definition) is 4. The predicted molar refractivity (Wildman–Crippen MR) is 99.5 cm³/mol. The molecule has 6 heteroatoms. The predicted octanol–water partition coefficient (Wildman–Crippen LogP) is 3.89. The van der Waals surface area contributed by atoms with Crippen molar-refractivity contribution in [2.75, 3.05) is 19.0 Å². The molecule has 0 atom stereocenters. The van der Waals surface area contributed by atoms with Crippen LogP contribution in [-0.2, 0) is 0 Å². The van der Waals surface area contributed by atoms with Crippen molar-refractivity contribution in [2.45, 2.75) is 13.8 Å². The van der Waals surface area contributed by atoms with Crippen molar-refractivity contribution in [1.29, 1.82) is 0 Å². The number of carbonyl (C=O) groups is 1. The summed E-state index contributed by atoms with van der Waals surface area (Å²) in [6, 6.07) is 14.2. The van der Waals surface area contributed by atoms with E-state index >= 15 is 0 Å². The normalized spacial score (nSPS) is 10.7. The summed E-state index contributed by atoms with van der Waals surface area (Å²) >= 11 is 0. The number of benzene rings is 2. The zero-order chi connectivity index (χ0) is 18.1. The third kappa shape index (κ3) is 6.18. The summed E-state index contributed by atoms with van der Waals surface area (Å²) in [6.45, 7) is 4.78. The summed E-state index contributed by atoms with van der Waals surface area (Å²) in [5.74, 6) is 1.74. The van der Waals surface area contributed by atoms with E-state index < -0.39 is 6.03 Å². The van der Waals surface area contributed by atoms with Crippen LogP contribution in [0.15, 0.2) is 53.6 Å². The highest BCUT2D eigenvalue weighted by Gasteiger charge is 2.06. The van der Waals surface area contributed by atoms with Crippen LogP contribution in [0.1, 0.15) is 19.4 Å². The topological polar surface area (TPSA) is 72.0 Å². The van der Waals surface area contributed by atoms with Gasteiger partial charge in [0.15, 0.2) is 11.5 Å². The van der Waals surface area contributed by atoms with E-state index in [1.54, 1.807) is 31.5 Å². The molecule has 0 heterocycles. The second-order valence-electron chi connectivity index (χ2n) is 5.81. The van der Waals surface area contributed by atoms with E-state index in [-0.39, 0.29) is 0 Å². The summed E-state index contributed by atoms with van der Waals surface area (Å²) < 4.78 is 11.0. The molecule has 0 aliphatic carbocycles. The van der Waals surface area contributed by atoms with Crippen LogP contribution in [0.3, 0.4) is 0 Å². The lowest BCUT2D eigenvalue weighted by molar-refractivity contribution is 0.252. The van der Waals surface area contributed by atoms with Crippen molar-refractivity contribution >= 4 is 17.9 Å². The molecule has 2 N–H and O–H groups in total. The molecule has 132 valence electrons. The van der Waals surface area contributed by atoms with Gasteiger partial charge in [0, 0.05) is 5.69 Å². The SMILES string of the molecule is COc1cc(/C=N\NC(=O)Nc2ccccc2)ccc1OCC(C)C. The third-order valence-corrected chi connectivity index (χ3v) is 3.17. The number of hydrogen-bond donors (Lipinski definition) is 2. The summed E-state index contributed by atoms with van der Waals surface area (Å²) in [5.41, 5.74) is 3.90. The first-order valence-electron chi connectivity index (χ1n) is 8.04. The first-order valence-corrected chi connectivity index (χ1v) is 8.04. The average Bonchev–Trinajstić information content (AvgIpc) is 2.61. The van der Waals surface area contributed by atoms with Crippen LogP contribution >= 0.6 is 0 Å². The Balaban J connectivity index is 1.92. The number of nitrogens with one attached hydrogen (secondary N) is 2. The monoisotopic (exact) mass is 341 g/mol. The number of urea groups is 1. The molecular formula is C19H23N3O3. The van der Waals surface area contributed by atoms with Gasteiger partial charge in [-0.2, -0.15) is 5.10 Å². The van der Waals surface area contributed by atoms with Gasteiger partial charge in [-0.25, -0.2) is 10.2 Å². The number of carbonyl (C=O) groups excluding carboxylic acids is 1. The van der Waals surface area contributed by atoms with Crippen molar-refractivity contribution in [3.8, 4) is 11.5 Å². The van der Waals surface area contributed by atoms with Gasteiger partial charge in [0.05, 0.1) is 19.9 Å². The lowest BCUT2D eigenvalue weighted by atomic mass is 10.2. The van der Waals surface area contributed by atoms with Crippen LogP contribution in [0, 0.1) is 5.92 Å². The van der Waals surface area contributed by atoms with Crippen LogP contribution in [0.4, 0.5) is 10.5 Å². The van der Waals surface area contributed by atoms with Crippen molar-refractivity contribution in [2.24, 2.45) is 11.0 Å². The Bertz CT molecular complexity index is 715. The van der Waals surface area contributed by atoms with Crippen LogP contribution in [0.25, 0.3) is 0 Å². The number of rotatable bonds is 7. The largest absolute Gasteiger partial charge is 0.493 e. The van der Waals surface area contributed by atoms with Crippen LogP contribution < -0.4 is 20.2 Å². The molecule has 0 aliphatic rings. The van der Waals surface area contributed by atoms with Gasteiger partial charge < -0.3 is 14.8 Å². The molecular weight excluding hydrogens is 318 g/mol. The molecule has 6 nitrogen and oxygen atoms in total. The lowest BCUT2D eigenvalue weighted by Crippen LogP contribution is -2.24. The zero-order valence-electron chi connectivity index (χ0n) is 14.7. The first kappa shape index (κ1) is 18.3. The quantitative estimate of drug-likeness (QED) is 0.593. The van der Waals surface area contributed by atoms with Crippen molar-refractivity contribution in [3.63, 3.8) is 0 Å². The number of para-hydroxylation sites is 1. The molecule has 0 radical (unpaired) electrons. The minimum atomic E-state index is -0.411. The number of ether oxygens (including phenoxy) is 2. The van der Waals surface area contributed by atoms with E-state index in [0.29, 0.717) is 29.7 Å². The number of methoxy groups -OCH3 is 1. The number of anilines is 1. The van der Waals surface area contributed by atoms with Gasteiger partial charge in [0.25, 0.3) is 0 Å². The van der Waals surface area contributed by atoms with E-state index in [0.717, 1.165) is 5.56 Å². The van der Waals surface area contributed by atoms with Crippen molar-refractivity contribution < 1.29 is 14.3 Å². The fourth-order valence-electron chi connectivity index (χ4n) is 1.99. The van der Waals surface area contributed by atoms with Crippen LogP contribution in [0.5, 0.6) is 11.5 Å². The Morgan fingerprint density at radius 3 is 2.60 bits per heavy atom. The van der Waals surface area contributed by atoms with Gasteiger partial charge in [-0.3, -0.25) is 0 Å². The molecule has 2 amide bonds. The Hall–Kier alpha value is -3.02. The highest BCUT2D eigenvalue weighted by Crippen LogP contribution is 2.27. The van der Waals surface area contributed by atoms with Gasteiger partial charge in [0.2, 0.25) is 0 Å². The van der Waals surface area contributed by atoms with E-state index in [1.807, 2.05) is 30.3 Å². The van der Waals surface area contributed by atoms with Crippen molar-refractivity contribution in [1.82, 2.24) is 5.43 Å². The van der Waals surface area contributed by atoms with Gasteiger partial charge in [0.1, 0.15) is 0 Å². The molecule has 2 aromatic carbocycles. The van der Waals surface area contributed by atoms with Gasteiger partial charge >= 0.3 is 6.03 Å². The summed E-state index contributed by atoms with van der Waals surface area (Å²) in [4.78, 5) is 11.7. The molecule has 2 rings (SSSR count).